The minimum atomic E-state index is 0.179. The van der Waals surface area contributed by atoms with Crippen LogP contribution in [0.15, 0.2) is 5.38 Å². The van der Waals surface area contributed by atoms with Crippen LogP contribution in [0.3, 0.4) is 0 Å². The topological polar surface area (TPSA) is 45.2 Å². The maximum atomic E-state index is 12.3. The summed E-state index contributed by atoms with van der Waals surface area (Å²) in [5, 5.41) is 6.64. The predicted molar refractivity (Wildman–Crippen MR) is 101 cm³/mol. The fourth-order valence-electron chi connectivity index (χ4n) is 2.96. The second-order valence-corrected chi connectivity index (χ2v) is 8.37. The normalized spacial score (nSPS) is 18.0. The molecule has 1 N–H and O–H groups in total. The first kappa shape index (κ1) is 19.4. The maximum absolute atomic E-state index is 12.3. The van der Waals surface area contributed by atoms with E-state index in [1.165, 1.54) is 23.5 Å². The van der Waals surface area contributed by atoms with E-state index in [2.05, 4.69) is 43.3 Å². The van der Waals surface area contributed by atoms with E-state index in [1.807, 2.05) is 0 Å². The number of carbonyl (C=O) groups is 1. The van der Waals surface area contributed by atoms with Crippen LogP contribution in [-0.2, 0) is 17.8 Å². The number of thiazole rings is 1. The summed E-state index contributed by atoms with van der Waals surface area (Å²) in [7, 11) is 0. The zero-order valence-corrected chi connectivity index (χ0v) is 16.5. The Morgan fingerprint density at radius 3 is 2.71 bits per heavy atom. The monoisotopic (exact) mass is 351 g/mol. The molecule has 1 aromatic heterocycles. The van der Waals surface area contributed by atoms with Crippen molar-refractivity contribution >= 4 is 17.2 Å². The predicted octanol–water partition coefficient (Wildman–Crippen LogP) is 3.86. The number of likely N-dealkylation sites (tertiary alicyclic amines) is 1. The van der Waals surface area contributed by atoms with Crippen LogP contribution >= 0.6 is 11.3 Å². The maximum Gasteiger partial charge on any atom is 0.223 e. The van der Waals surface area contributed by atoms with Crippen LogP contribution in [-0.4, -0.2) is 34.9 Å². The van der Waals surface area contributed by atoms with Gasteiger partial charge in [-0.2, -0.15) is 0 Å². The van der Waals surface area contributed by atoms with Gasteiger partial charge in [0.05, 0.1) is 10.7 Å². The minimum Gasteiger partial charge on any atom is -0.353 e. The van der Waals surface area contributed by atoms with Gasteiger partial charge in [-0.3, -0.25) is 9.69 Å². The van der Waals surface area contributed by atoms with Crippen LogP contribution < -0.4 is 5.32 Å². The molecule has 2 heterocycles. The Kier molecular flexibility index (Phi) is 7.69. The van der Waals surface area contributed by atoms with Gasteiger partial charge < -0.3 is 5.32 Å². The smallest absolute Gasteiger partial charge is 0.223 e. The highest BCUT2D eigenvalue weighted by atomic mass is 32.1. The molecule has 0 aliphatic carbocycles. The SMILES string of the molecule is CCCCc1nc(CN2CCC(C(=O)NC(C)C(C)C)CC2)cs1. The van der Waals surface area contributed by atoms with Crippen molar-refractivity contribution in [3.8, 4) is 0 Å². The van der Waals surface area contributed by atoms with Gasteiger partial charge >= 0.3 is 0 Å². The number of nitrogens with zero attached hydrogens (tertiary/aromatic N) is 2. The summed E-state index contributed by atoms with van der Waals surface area (Å²) < 4.78 is 0. The van der Waals surface area contributed by atoms with Crippen LogP contribution in [0.25, 0.3) is 0 Å². The van der Waals surface area contributed by atoms with Gasteiger partial charge in [0.15, 0.2) is 0 Å². The van der Waals surface area contributed by atoms with E-state index in [-0.39, 0.29) is 17.9 Å². The molecule has 1 fully saturated rings. The second kappa shape index (κ2) is 9.52. The summed E-state index contributed by atoms with van der Waals surface area (Å²) in [6, 6.07) is 0.257. The van der Waals surface area contributed by atoms with Crippen LogP contribution in [0, 0.1) is 11.8 Å². The number of hydrogen-bond donors (Lipinski definition) is 1. The average Bonchev–Trinajstić information content (AvgIpc) is 3.00. The minimum absolute atomic E-state index is 0.179. The standard InChI is InChI=1S/C19H33N3OS/c1-5-6-7-18-21-17(13-24-18)12-22-10-8-16(9-11-22)19(23)20-15(4)14(2)3/h13-16H,5-12H2,1-4H3,(H,20,23). The fraction of sp³-hybridized carbons (Fsp3) is 0.789. The lowest BCUT2D eigenvalue weighted by Crippen LogP contribution is -2.44. The van der Waals surface area contributed by atoms with E-state index in [0.717, 1.165) is 38.9 Å². The summed E-state index contributed by atoms with van der Waals surface area (Å²) >= 11 is 1.79. The third-order valence-electron chi connectivity index (χ3n) is 5.06. The first-order chi connectivity index (χ1) is 11.5. The van der Waals surface area contributed by atoms with Crippen molar-refractivity contribution in [1.29, 1.82) is 0 Å². The summed E-state index contributed by atoms with van der Waals surface area (Å²) in [5.74, 6) is 0.907. The zero-order valence-electron chi connectivity index (χ0n) is 15.7. The molecule has 0 radical (unpaired) electrons. The summed E-state index contributed by atoms with van der Waals surface area (Å²) in [6.07, 6.45) is 5.48. The lowest BCUT2D eigenvalue weighted by atomic mass is 9.94. The molecule has 1 amide bonds. The summed E-state index contributed by atoms with van der Waals surface area (Å²) in [6.45, 7) is 11.5. The largest absolute Gasteiger partial charge is 0.353 e. The molecule has 1 aliphatic rings. The van der Waals surface area contributed by atoms with Gasteiger partial charge in [-0.1, -0.05) is 27.2 Å². The Morgan fingerprint density at radius 2 is 2.08 bits per heavy atom. The number of aromatic nitrogens is 1. The molecule has 4 nitrogen and oxygen atoms in total. The van der Waals surface area contributed by atoms with Crippen molar-refractivity contribution in [3.05, 3.63) is 16.1 Å². The van der Waals surface area contributed by atoms with E-state index in [1.54, 1.807) is 11.3 Å². The molecular weight excluding hydrogens is 318 g/mol. The van der Waals surface area contributed by atoms with E-state index in [9.17, 15) is 4.79 Å². The number of unbranched alkanes of at least 4 members (excludes halogenated alkanes) is 1. The average molecular weight is 352 g/mol. The van der Waals surface area contributed by atoms with Gasteiger partial charge in [-0.15, -0.1) is 11.3 Å². The summed E-state index contributed by atoms with van der Waals surface area (Å²) in [5.41, 5.74) is 1.20. The molecule has 0 spiro atoms. The molecule has 1 unspecified atom stereocenters. The Morgan fingerprint density at radius 1 is 1.38 bits per heavy atom. The molecule has 1 atom stereocenters. The number of nitrogens with one attached hydrogen (secondary N) is 1. The number of piperidine rings is 1. The van der Waals surface area contributed by atoms with Crippen LogP contribution in [0.2, 0.25) is 0 Å². The lowest BCUT2D eigenvalue weighted by molar-refractivity contribution is -0.127. The quantitative estimate of drug-likeness (QED) is 0.773. The van der Waals surface area contributed by atoms with Gasteiger partial charge in [0, 0.05) is 23.9 Å². The third-order valence-corrected chi connectivity index (χ3v) is 6.01. The summed E-state index contributed by atoms with van der Waals surface area (Å²) in [4.78, 5) is 19.5. The molecular formula is C19H33N3OS. The van der Waals surface area contributed by atoms with E-state index in [0.29, 0.717) is 5.92 Å². The van der Waals surface area contributed by atoms with Crippen molar-refractivity contribution in [2.75, 3.05) is 13.1 Å². The van der Waals surface area contributed by atoms with Crippen molar-refractivity contribution in [1.82, 2.24) is 15.2 Å². The Balaban J connectivity index is 1.74. The van der Waals surface area contributed by atoms with Crippen LogP contribution in [0.4, 0.5) is 0 Å². The molecule has 0 saturated carbocycles. The molecule has 2 rings (SSSR count). The van der Waals surface area contributed by atoms with Crippen molar-refractivity contribution in [2.24, 2.45) is 11.8 Å². The third kappa shape index (κ3) is 5.85. The van der Waals surface area contributed by atoms with Gasteiger partial charge in [-0.05, 0) is 51.6 Å². The van der Waals surface area contributed by atoms with E-state index >= 15 is 0 Å². The Labute approximate surface area is 151 Å². The fourth-order valence-corrected chi connectivity index (χ4v) is 3.79. The zero-order chi connectivity index (χ0) is 17.5. The van der Waals surface area contributed by atoms with Gasteiger partial charge in [-0.25, -0.2) is 4.98 Å². The molecule has 24 heavy (non-hydrogen) atoms. The number of carbonyl (C=O) groups excluding carboxylic acids is 1. The highest BCUT2D eigenvalue weighted by Gasteiger charge is 2.26. The number of amides is 1. The second-order valence-electron chi connectivity index (χ2n) is 7.43. The van der Waals surface area contributed by atoms with Gasteiger partial charge in [0.25, 0.3) is 0 Å². The molecule has 1 aliphatic heterocycles. The van der Waals surface area contributed by atoms with Crippen molar-refractivity contribution in [3.63, 3.8) is 0 Å². The molecule has 5 heteroatoms. The van der Waals surface area contributed by atoms with Crippen LogP contribution in [0.5, 0.6) is 0 Å². The molecule has 1 saturated heterocycles. The van der Waals surface area contributed by atoms with Crippen LogP contribution in [0.1, 0.15) is 64.1 Å². The van der Waals surface area contributed by atoms with Gasteiger partial charge in [0.2, 0.25) is 5.91 Å². The Hall–Kier alpha value is -0.940. The lowest BCUT2D eigenvalue weighted by Gasteiger charge is -2.31. The molecule has 0 bridgehead atoms. The highest BCUT2D eigenvalue weighted by molar-refractivity contribution is 7.09. The number of aryl methyl sites for hydroxylation is 1. The number of hydrogen-bond acceptors (Lipinski definition) is 4. The molecule has 136 valence electrons. The highest BCUT2D eigenvalue weighted by Crippen LogP contribution is 2.21. The first-order valence-electron chi connectivity index (χ1n) is 9.45. The van der Waals surface area contributed by atoms with Crippen molar-refractivity contribution < 1.29 is 4.79 Å². The molecule has 0 aromatic carbocycles. The van der Waals surface area contributed by atoms with E-state index < -0.39 is 0 Å². The van der Waals surface area contributed by atoms with E-state index in [4.69, 9.17) is 4.98 Å². The first-order valence-corrected chi connectivity index (χ1v) is 10.3. The van der Waals surface area contributed by atoms with Gasteiger partial charge in [0.1, 0.15) is 0 Å². The number of rotatable bonds is 8. The molecule has 1 aromatic rings. The Bertz CT molecular complexity index is 506. The van der Waals surface area contributed by atoms with Crippen molar-refractivity contribution in [2.45, 2.75) is 72.4 Å².